The average Bonchev–Trinajstić information content (AvgIpc) is 2.29. The zero-order chi connectivity index (χ0) is 15.3. The number of alkyl halides is 2. The van der Waals surface area contributed by atoms with Gasteiger partial charge in [-0.2, -0.15) is 8.78 Å². The van der Waals surface area contributed by atoms with Gasteiger partial charge in [0.2, 0.25) is 0 Å². The number of hydrogen-bond acceptors (Lipinski definition) is 2. The largest absolute Gasteiger partial charge is 0.433 e. The second kappa shape index (κ2) is 7.50. The van der Waals surface area contributed by atoms with E-state index in [1.165, 1.54) is 12.1 Å². The maximum absolute atomic E-state index is 12.4. The van der Waals surface area contributed by atoms with Crippen molar-refractivity contribution < 1.29 is 13.5 Å². The van der Waals surface area contributed by atoms with Crippen LogP contribution in [0.3, 0.4) is 0 Å². The van der Waals surface area contributed by atoms with Crippen LogP contribution in [0, 0.1) is 0 Å². The minimum atomic E-state index is -2.98. The lowest BCUT2D eigenvalue weighted by Crippen LogP contribution is -2.36. The van der Waals surface area contributed by atoms with E-state index in [9.17, 15) is 8.78 Å². The SMILES string of the molecule is CC(C)NC(N)=NCc1cc(Cl)cc(Cl)c1OC(F)F. The standard InChI is InChI=1S/C12H15Cl2F2N3O/c1-6(2)19-12(17)18-5-7-3-8(13)4-9(14)10(7)20-11(15)16/h3-4,6,11H,5H2,1-2H3,(H3,17,18,19). The number of rotatable bonds is 5. The Bertz CT molecular complexity index is 496. The van der Waals surface area contributed by atoms with Gasteiger partial charge >= 0.3 is 6.61 Å². The van der Waals surface area contributed by atoms with Crippen molar-refractivity contribution in [3.8, 4) is 5.75 Å². The fraction of sp³-hybridized carbons (Fsp3) is 0.417. The molecule has 0 aliphatic rings. The summed E-state index contributed by atoms with van der Waals surface area (Å²) in [5.74, 6) is 0.0475. The van der Waals surface area contributed by atoms with Crippen molar-refractivity contribution in [2.45, 2.75) is 33.0 Å². The molecular formula is C12H15Cl2F2N3O. The van der Waals surface area contributed by atoms with Gasteiger partial charge < -0.3 is 15.8 Å². The van der Waals surface area contributed by atoms with Gasteiger partial charge in [-0.3, -0.25) is 0 Å². The molecule has 0 aliphatic heterocycles. The molecule has 4 nitrogen and oxygen atoms in total. The summed E-state index contributed by atoms with van der Waals surface area (Å²) in [6.45, 7) is 0.824. The van der Waals surface area contributed by atoms with E-state index in [1.54, 1.807) is 0 Å². The fourth-order valence-corrected chi connectivity index (χ4v) is 2.04. The molecule has 0 saturated carbocycles. The summed E-state index contributed by atoms with van der Waals surface area (Å²) in [5.41, 5.74) is 5.96. The third-order valence-corrected chi connectivity index (χ3v) is 2.65. The van der Waals surface area contributed by atoms with Crippen LogP contribution in [0.2, 0.25) is 10.0 Å². The zero-order valence-electron chi connectivity index (χ0n) is 11.0. The lowest BCUT2D eigenvalue weighted by Gasteiger charge is -2.13. The Labute approximate surface area is 125 Å². The van der Waals surface area contributed by atoms with Crippen molar-refractivity contribution in [2.75, 3.05) is 0 Å². The van der Waals surface area contributed by atoms with Crippen molar-refractivity contribution in [1.29, 1.82) is 0 Å². The van der Waals surface area contributed by atoms with E-state index < -0.39 is 6.61 Å². The molecular weight excluding hydrogens is 311 g/mol. The Balaban J connectivity index is 2.98. The van der Waals surface area contributed by atoms with Crippen LogP contribution in [0.1, 0.15) is 19.4 Å². The van der Waals surface area contributed by atoms with E-state index in [4.69, 9.17) is 28.9 Å². The molecule has 3 N–H and O–H groups in total. The highest BCUT2D eigenvalue weighted by Gasteiger charge is 2.15. The van der Waals surface area contributed by atoms with Crippen LogP contribution in [0.25, 0.3) is 0 Å². The number of ether oxygens (including phenoxy) is 1. The Morgan fingerprint density at radius 2 is 2.05 bits per heavy atom. The molecule has 112 valence electrons. The van der Waals surface area contributed by atoms with Gasteiger partial charge in [0.15, 0.2) is 5.96 Å². The van der Waals surface area contributed by atoms with E-state index >= 15 is 0 Å². The highest BCUT2D eigenvalue weighted by Crippen LogP contribution is 2.34. The first-order valence-corrected chi connectivity index (χ1v) is 6.54. The van der Waals surface area contributed by atoms with Crippen molar-refractivity contribution in [3.05, 3.63) is 27.7 Å². The molecule has 1 aromatic carbocycles. The molecule has 0 heterocycles. The molecule has 0 unspecified atom stereocenters. The molecule has 0 aliphatic carbocycles. The number of guanidine groups is 1. The average molecular weight is 326 g/mol. The Kier molecular flexibility index (Phi) is 6.29. The summed E-state index contributed by atoms with van der Waals surface area (Å²) in [5, 5.41) is 3.18. The molecule has 0 spiro atoms. The van der Waals surface area contributed by atoms with Crippen LogP contribution in [0.5, 0.6) is 5.75 Å². The smallest absolute Gasteiger partial charge is 0.387 e. The summed E-state index contributed by atoms with van der Waals surface area (Å²) < 4.78 is 29.1. The summed E-state index contributed by atoms with van der Waals surface area (Å²) in [7, 11) is 0. The van der Waals surface area contributed by atoms with Crippen molar-refractivity contribution in [2.24, 2.45) is 10.7 Å². The quantitative estimate of drug-likeness (QED) is 0.644. The highest BCUT2D eigenvalue weighted by atomic mass is 35.5. The van der Waals surface area contributed by atoms with Crippen LogP contribution in [-0.4, -0.2) is 18.6 Å². The van der Waals surface area contributed by atoms with Crippen LogP contribution in [0.4, 0.5) is 8.78 Å². The minimum Gasteiger partial charge on any atom is -0.433 e. The molecule has 0 atom stereocenters. The molecule has 0 fully saturated rings. The maximum atomic E-state index is 12.4. The highest BCUT2D eigenvalue weighted by molar-refractivity contribution is 6.35. The Morgan fingerprint density at radius 1 is 1.40 bits per heavy atom. The minimum absolute atomic E-state index is 0.00149. The van der Waals surface area contributed by atoms with Crippen molar-refractivity contribution in [3.63, 3.8) is 0 Å². The van der Waals surface area contributed by atoms with Gasteiger partial charge in [0.25, 0.3) is 0 Å². The van der Waals surface area contributed by atoms with E-state index in [1.807, 2.05) is 13.8 Å². The topological polar surface area (TPSA) is 59.6 Å². The van der Waals surface area contributed by atoms with Gasteiger partial charge in [-0.1, -0.05) is 23.2 Å². The summed E-state index contributed by atoms with van der Waals surface area (Å²) >= 11 is 11.7. The Hall–Kier alpha value is -1.27. The normalized spacial score (nSPS) is 12.1. The number of nitrogens with one attached hydrogen (secondary N) is 1. The van der Waals surface area contributed by atoms with Crippen molar-refractivity contribution >= 4 is 29.2 Å². The first kappa shape index (κ1) is 16.8. The third kappa shape index (κ3) is 5.38. The van der Waals surface area contributed by atoms with E-state index in [0.717, 1.165) is 0 Å². The van der Waals surface area contributed by atoms with E-state index in [2.05, 4.69) is 15.0 Å². The third-order valence-electron chi connectivity index (χ3n) is 2.15. The summed E-state index contributed by atoms with van der Waals surface area (Å²) in [4.78, 5) is 4.03. The van der Waals surface area contributed by atoms with Gasteiger partial charge in [0.1, 0.15) is 5.75 Å². The van der Waals surface area contributed by atoms with E-state index in [0.29, 0.717) is 10.6 Å². The van der Waals surface area contributed by atoms with Crippen LogP contribution >= 0.6 is 23.2 Å². The lowest BCUT2D eigenvalue weighted by molar-refractivity contribution is -0.0503. The number of halogens is 4. The number of hydrogen-bond donors (Lipinski definition) is 2. The predicted molar refractivity (Wildman–Crippen MR) is 76.7 cm³/mol. The molecule has 20 heavy (non-hydrogen) atoms. The monoisotopic (exact) mass is 325 g/mol. The van der Waals surface area contributed by atoms with Gasteiger partial charge in [-0.25, -0.2) is 4.99 Å². The molecule has 0 radical (unpaired) electrons. The van der Waals surface area contributed by atoms with Crippen LogP contribution in [0.15, 0.2) is 17.1 Å². The molecule has 0 bridgehead atoms. The molecule has 1 rings (SSSR count). The van der Waals surface area contributed by atoms with Gasteiger partial charge in [-0.15, -0.1) is 0 Å². The van der Waals surface area contributed by atoms with Crippen molar-refractivity contribution in [1.82, 2.24) is 5.32 Å². The fourth-order valence-electron chi connectivity index (χ4n) is 1.46. The summed E-state index contributed by atoms with van der Waals surface area (Å²) in [6.07, 6.45) is 0. The van der Waals surface area contributed by atoms with E-state index in [-0.39, 0.29) is 29.3 Å². The van der Waals surface area contributed by atoms with Gasteiger partial charge in [-0.05, 0) is 26.0 Å². The second-order valence-corrected chi connectivity index (χ2v) is 5.10. The van der Waals surface area contributed by atoms with Gasteiger partial charge in [0.05, 0.1) is 11.6 Å². The maximum Gasteiger partial charge on any atom is 0.387 e. The zero-order valence-corrected chi connectivity index (χ0v) is 12.5. The molecule has 8 heteroatoms. The molecule has 0 aromatic heterocycles. The lowest BCUT2D eigenvalue weighted by atomic mass is 10.2. The molecule has 1 aromatic rings. The second-order valence-electron chi connectivity index (χ2n) is 4.25. The molecule has 0 saturated heterocycles. The van der Waals surface area contributed by atoms with Crippen LogP contribution in [-0.2, 0) is 6.54 Å². The number of aliphatic imine (C=N–C) groups is 1. The number of nitrogens with zero attached hydrogens (tertiary/aromatic N) is 1. The van der Waals surface area contributed by atoms with Crippen LogP contribution < -0.4 is 15.8 Å². The Morgan fingerprint density at radius 3 is 2.60 bits per heavy atom. The first-order valence-electron chi connectivity index (χ1n) is 5.78. The summed E-state index contributed by atoms with van der Waals surface area (Å²) in [6, 6.07) is 2.89. The number of nitrogens with two attached hydrogens (primary N) is 1. The predicted octanol–water partition coefficient (Wildman–Crippen LogP) is 3.41. The number of benzene rings is 1. The first-order chi connectivity index (χ1) is 9.29. The van der Waals surface area contributed by atoms with Gasteiger partial charge in [0, 0.05) is 16.6 Å². The molecule has 0 amide bonds.